The molecule has 2 rings (SSSR count). The topological polar surface area (TPSA) is 50.3 Å². The minimum absolute atomic E-state index is 0.469. The number of rotatable bonds is 6. The van der Waals surface area contributed by atoms with Crippen LogP contribution < -0.4 is 10.2 Å². The zero-order valence-corrected chi connectivity index (χ0v) is 12.8. The highest BCUT2D eigenvalue weighted by atomic mass is 16.5. The molecule has 1 aromatic rings. The third kappa shape index (κ3) is 4.42. The van der Waals surface area contributed by atoms with Crippen molar-refractivity contribution in [3.63, 3.8) is 0 Å². The molecular formula is C15H26N4O. The molecule has 5 heteroatoms. The lowest BCUT2D eigenvalue weighted by atomic mass is 9.98. The van der Waals surface area contributed by atoms with Crippen LogP contribution >= 0.6 is 0 Å². The summed E-state index contributed by atoms with van der Waals surface area (Å²) in [5, 5.41) is 12.0. The molecule has 0 atom stereocenters. The predicted octanol–water partition coefficient (Wildman–Crippen LogP) is 1.84. The molecule has 2 heterocycles. The molecule has 0 bridgehead atoms. The summed E-state index contributed by atoms with van der Waals surface area (Å²) >= 11 is 0. The minimum Gasteiger partial charge on any atom is -0.384 e. The van der Waals surface area contributed by atoms with E-state index in [9.17, 15) is 0 Å². The van der Waals surface area contributed by atoms with Gasteiger partial charge in [0.2, 0.25) is 0 Å². The molecule has 0 spiro atoms. The van der Waals surface area contributed by atoms with E-state index in [1.165, 1.54) is 12.8 Å². The number of aromatic nitrogens is 2. The Labute approximate surface area is 121 Å². The van der Waals surface area contributed by atoms with E-state index in [1.54, 1.807) is 7.11 Å². The van der Waals surface area contributed by atoms with Crippen LogP contribution in [0.3, 0.4) is 0 Å². The number of piperidine rings is 1. The van der Waals surface area contributed by atoms with E-state index in [2.05, 4.69) is 46.4 Å². The molecule has 0 aliphatic carbocycles. The molecule has 0 radical (unpaired) electrons. The monoisotopic (exact) mass is 278 g/mol. The Balaban J connectivity index is 1.84. The second-order valence-electron chi connectivity index (χ2n) is 5.80. The van der Waals surface area contributed by atoms with Crippen molar-refractivity contribution in [2.24, 2.45) is 5.92 Å². The highest BCUT2D eigenvalue weighted by molar-refractivity contribution is 5.37. The fourth-order valence-electron chi connectivity index (χ4n) is 2.49. The first kappa shape index (κ1) is 15.2. The van der Waals surface area contributed by atoms with E-state index >= 15 is 0 Å². The van der Waals surface area contributed by atoms with Crippen LogP contribution in [0, 0.1) is 5.92 Å². The second-order valence-corrected chi connectivity index (χ2v) is 5.80. The molecular weight excluding hydrogens is 252 g/mol. The molecule has 1 aliphatic rings. The normalized spacial score (nSPS) is 16.9. The van der Waals surface area contributed by atoms with Crippen molar-refractivity contribution in [1.29, 1.82) is 0 Å². The summed E-state index contributed by atoms with van der Waals surface area (Å²) in [4.78, 5) is 2.32. The van der Waals surface area contributed by atoms with Gasteiger partial charge in [-0.15, -0.1) is 5.10 Å². The molecule has 1 saturated heterocycles. The lowest BCUT2D eigenvalue weighted by Crippen LogP contribution is -2.35. The first-order valence-electron chi connectivity index (χ1n) is 7.49. The zero-order valence-electron chi connectivity index (χ0n) is 12.8. The van der Waals surface area contributed by atoms with E-state index in [0.717, 1.165) is 37.8 Å². The van der Waals surface area contributed by atoms with Crippen molar-refractivity contribution in [3.8, 4) is 0 Å². The summed E-state index contributed by atoms with van der Waals surface area (Å²) in [6.45, 7) is 8.01. The quantitative estimate of drug-likeness (QED) is 0.860. The van der Waals surface area contributed by atoms with Crippen molar-refractivity contribution in [1.82, 2.24) is 15.5 Å². The van der Waals surface area contributed by atoms with Gasteiger partial charge in [0, 0.05) is 39.4 Å². The molecule has 20 heavy (non-hydrogen) atoms. The number of nitrogens with one attached hydrogen (secondary N) is 1. The maximum absolute atomic E-state index is 5.23. The number of anilines is 1. The highest BCUT2D eigenvalue weighted by Crippen LogP contribution is 2.21. The van der Waals surface area contributed by atoms with Gasteiger partial charge >= 0.3 is 0 Å². The summed E-state index contributed by atoms with van der Waals surface area (Å²) in [6, 6.07) is 4.62. The van der Waals surface area contributed by atoms with Crippen LogP contribution in [-0.4, -0.2) is 43.0 Å². The van der Waals surface area contributed by atoms with Gasteiger partial charge in [-0.3, -0.25) is 0 Å². The van der Waals surface area contributed by atoms with Crippen LogP contribution in [0.4, 0.5) is 5.82 Å². The number of nitrogens with zero attached hydrogens (tertiary/aromatic N) is 3. The number of hydrogen-bond acceptors (Lipinski definition) is 5. The summed E-state index contributed by atoms with van der Waals surface area (Å²) in [6.07, 6.45) is 2.35. The second kappa shape index (κ2) is 7.55. The largest absolute Gasteiger partial charge is 0.384 e. The van der Waals surface area contributed by atoms with E-state index in [-0.39, 0.29) is 0 Å². The lowest BCUT2D eigenvalue weighted by Gasteiger charge is -2.32. The summed E-state index contributed by atoms with van der Waals surface area (Å²) in [5.41, 5.74) is 0.997. The van der Waals surface area contributed by atoms with Crippen molar-refractivity contribution in [2.45, 2.75) is 39.3 Å². The number of methoxy groups -OCH3 is 1. The van der Waals surface area contributed by atoms with Gasteiger partial charge in [-0.1, -0.05) is 13.8 Å². The van der Waals surface area contributed by atoms with Crippen LogP contribution in [-0.2, 0) is 11.3 Å². The van der Waals surface area contributed by atoms with Crippen LogP contribution in [0.5, 0.6) is 0 Å². The molecule has 1 aromatic heterocycles. The Morgan fingerprint density at radius 3 is 2.60 bits per heavy atom. The van der Waals surface area contributed by atoms with Gasteiger partial charge in [0.05, 0.1) is 5.69 Å². The molecule has 5 nitrogen and oxygen atoms in total. The molecule has 0 saturated carbocycles. The Morgan fingerprint density at radius 1 is 1.30 bits per heavy atom. The smallest absolute Gasteiger partial charge is 0.151 e. The molecule has 1 N–H and O–H groups in total. The van der Waals surface area contributed by atoms with E-state index in [1.807, 2.05) is 0 Å². The molecule has 1 fully saturated rings. The van der Waals surface area contributed by atoms with Gasteiger partial charge in [0.15, 0.2) is 5.82 Å². The maximum atomic E-state index is 5.23. The molecule has 0 amide bonds. The Morgan fingerprint density at radius 2 is 2.05 bits per heavy atom. The van der Waals surface area contributed by atoms with Gasteiger partial charge in [-0.05, 0) is 30.9 Å². The molecule has 112 valence electrons. The molecule has 0 aromatic carbocycles. The van der Waals surface area contributed by atoms with Crippen LogP contribution in [0.1, 0.15) is 32.4 Å². The van der Waals surface area contributed by atoms with Crippen molar-refractivity contribution >= 4 is 5.82 Å². The Bertz CT molecular complexity index is 385. The van der Waals surface area contributed by atoms with Gasteiger partial charge in [0.1, 0.15) is 0 Å². The fraction of sp³-hybridized carbons (Fsp3) is 0.733. The lowest BCUT2D eigenvalue weighted by molar-refractivity contribution is 0.139. The Hall–Kier alpha value is -1.20. The van der Waals surface area contributed by atoms with Crippen molar-refractivity contribution in [2.75, 3.05) is 31.7 Å². The SMILES string of the molecule is COCC1CCN(c2ccc(CNC(C)C)nn2)CC1. The zero-order chi connectivity index (χ0) is 14.4. The minimum atomic E-state index is 0.469. The third-order valence-corrected chi connectivity index (χ3v) is 3.74. The predicted molar refractivity (Wildman–Crippen MR) is 80.8 cm³/mol. The van der Waals surface area contributed by atoms with Crippen LogP contribution in [0.15, 0.2) is 12.1 Å². The summed E-state index contributed by atoms with van der Waals surface area (Å²) in [5.74, 6) is 1.69. The van der Waals surface area contributed by atoms with Gasteiger partial charge < -0.3 is 15.0 Å². The number of hydrogen-bond donors (Lipinski definition) is 1. The fourth-order valence-corrected chi connectivity index (χ4v) is 2.49. The standard InChI is InChI=1S/C15H26N4O/c1-12(2)16-10-14-4-5-15(18-17-14)19-8-6-13(7-9-19)11-20-3/h4-5,12-13,16H,6-11H2,1-3H3. The van der Waals surface area contributed by atoms with Gasteiger partial charge in [-0.25, -0.2) is 0 Å². The maximum Gasteiger partial charge on any atom is 0.151 e. The van der Waals surface area contributed by atoms with Crippen molar-refractivity contribution < 1.29 is 4.74 Å². The first-order chi connectivity index (χ1) is 9.69. The average molecular weight is 278 g/mol. The number of ether oxygens (including phenoxy) is 1. The summed E-state index contributed by atoms with van der Waals surface area (Å²) < 4.78 is 5.23. The van der Waals surface area contributed by atoms with Crippen LogP contribution in [0.2, 0.25) is 0 Å². The average Bonchev–Trinajstić information content (AvgIpc) is 2.47. The van der Waals surface area contributed by atoms with E-state index in [4.69, 9.17) is 4.74 Å². The Kier molecular flexibility index (Phi) is 5.73. The molecule has 1 aliphatic heterocycles. The third-order valence-electron chi connectivity index (χ3n) is 3.74. The first-order valence-corrected chi connectivity index (χ1v) is 7.49. The van der Waals surface area contributed by atoms with Gasteiger partial charge in [0.25, 0.3) is 0 Å². The van der Waals surface area contributed by atoms with Crippen LogP contribution in [0.25, 0.3) is 0 Å². The van der Waals surface area contributed by atoms with E-state index < -0.39 is 0 Å². The van der Waals surface area contributed by atoms with Crippen molar-refractivity contribution in [3.05, 3.63) is 17.8 Å². The van der Waals surface area contributed by atoms with Gasteiger partial charge in [-0.2, -0.15) is 5.10 Å². The van der Waals surface area contributed by atoms with E-state index in [0.29, 0.717) is 12.0 Å². The summed E-state index contributed by atoms with van der Waals surface area (Å²) in [7, 11) is 1.78. The highest BCUT2D eigenvalue weighted by Gasteiger charge is 2.20. The molecule has 0 unspecified atom stereocenters.